The first-order chi connectivity index (χ1) is 8.15. The van der Waals surface area contributed by atoms with Gasteiger partial charge >= 0.3 is 0 Å². The van der Waals surface area contributed by atoms with E-state index in [1.807, 2.05) is 12.1 Å². The molecule has 0 radical (unpaired) electrons. The second kappa shape index (κ2) is 4.42. The summed E-state index contributed by atoms with van der Waals surface area (Å²) in [6, 6.07) is 6.96. The van der Waals surface area contributed by atoms with E-state index in [2.05, 4.69) is 5.92 Å². The number of hydrogen-bond donors (Lipinski definition) is 0. The Hall–Kier alpha value is -2.08. The lowest BCUT2D eigenvalue weighted by Gasteiger charge is -2.30. The fourth-order valence-electron chi connectivity index (χ4n) is 2.08. The summed E-state index contributed by atoms with van der Waals surface area (Å²) < 4.78 is 0. The molecule has 0 N–H and O–H groups in total. The minimum atomic E-state index is -0.242. The fraction of sp³-hybridized carbons (Fsp3) is 0.286. The molecule has 86 valence electrons. The number of imide groups is 1. The van der Waals surface area contributed by atoms with Crippen LogP contribution in [-0.4, -0.2) is 22.8 Å². The second-order valence-corrected chi connectivity index (χ2v) is 4.16. The largest absolute Gasteiger partial charge is 0.274 e. The SMILES string of the molecule is C#CCC(C)N1C(=O)Cc2ccccc2C1=O. The molecule has 3 heteroatoms. The van der Waals surface area contributed by atoms with Crippen LogP contribution in [0.25, 0.3) is 0 Å². The first-order valence-electron chi connectivity index (χ1n) is 5.53. The van der Waals surface area contributed by atoms with Gasteiger partial charge in [0.05, 0.1) is 6.42 Å². The second-order valence-electron chi connectivity index (χ2n) is 4.16. The first-order valence-corrected chi connectivity index (χ1v) is 5.53. The minimum absolute atomic E-state index is 0.170. The number of carbonyl (C=O) groups excluding carboxylic acids is 2. The number of hydrogen-bond acceptors (Lipinski definition) is 2. The van der Waals surface area contributed by atoms with E-state index in [9.17, 15) is 9.59 Å². The van der Waals surface area contributed by atoms with E-state index in [1.54, 1.807) is 19.1 Å². The highest BCUT2D eigenvalue weighted by atomic mass is 16.2. The van der Waals surface area contributed by atoms with Gasteiger partial charge in [-0.25, -0.2) is 0 Å². The highest BCUT2D eigenvalue weighted by Gasteiger charge is 2.33. The standard InChI is InChI=1S/C14H13NO2/c1-3-6-10(2)15-13(16)9-11-7-4-5-8-12(11)14(15)17/h1,4-5,7-8,10H,6,9H2,2H3. The summed E-state index contributed by atoms with van der Waals surface area (Å²) in [5, 5.41) is 0. The molecule has 0 saturated heterocycles. The zero-order chi connectivity index (χ0) is 12.4. The molecule has 1 aromatic carbocycles. The number of fused-ring (bicyclic) bond motifs is 1. The molecule has 1 unspecified atom stereocenters. The Morgan fingerprint density at radius 1 is 1.41 bits per heavy atom. The molecule has 1 aromatic rings. The molecule has 2 rings (SSSR count). The number of benzene rings is 1. The summed E-state index contributed by atoms with van der Waals surface area (Å²) in [6.45, 7) is 1.80. The Balaban J connectivity index is 2.37. The van der Waals surface area contributed by atoms with Gasteiger partial charge in [0.15, 0.2) is 0 Å². The molecular weight excluding hydrogens is 214 g/mol. The maximum absolute atomic E-state index is 12.2. The van der Waals surface area contributed by atoms with Gasteiger partial charge in [-0.05, 0) is 18.6 Å². The molecule has 1 aliphatic rings. The van der Waals surface area contributed by atoms with Crippen molar-refractivity contribution in [2.45, 2.75) is 25.8 Å². The van der Waals surface area contributed by atoms with Gasteiger partial charge in [-0.1, -0.05) is 18.2 Å². The van der Waals surface area contributed by atoms with Crippen LogP contribution in [0.3, 0.4) is 0 Å². The van der Waals surface area contributed by atoms with E-state index < -0.39 is 0 Å². The van der Waals surface area contributed by atoms with Gasteiger partial charge in [-0.3, -0.25) is 14.5 Å². The Labute approximate surface area is 100 Å². The lowest BCUT2D eigenvalue weighted by Crippen LogP contribution is -2.47. The smallest absolute Gasteiger partial charge is 0.261 e. The molecule has 0 saturated carbocycles. The zero-order valence-corrected chi connectivity index (χ0v) is 9.64. The quantitative estimate of drug-likeness (QED) is 0.568. The normalized spacial score (nSPS) is 16.4. The Morgan fingerprint density at radius 2 is 2.12 bits per heavy atom. The van der Waals surface area contributed by atoms with Crippen LogP contribution >= 0.6 is 0 Å². The number of terminal acetylenes is 1. The van der Waals surface area contributed by atoms with E-state index >= 15 is 0 Å². The topological polar surface area (TPSA) is 37.4 Å². The summed E-state index contributed by atoms with van der Waals surface area (Å²) in [6.07, 6.45) is 5.89. The first kappa shape index (κ1) is 11.4. The van der Waals surface area contributed by atoms with Gasteiger partial charge in [0.1, 0.15) is 0 Å². The van der Waals surface area contributed by atoms with Crippen LogP contribution in [0.4, 0.5) is 0 Å². The Kier molecular flexibility index (Phi) is 2.97. The summed E-state index contributed by atoms with van der Waals surface area (Å²) in [5.74, 6) is 2.08. The predicted octanol–water partition coefficient (Wildman–Crippen LogP) is 1.62. The molecule has 0 fully saturated rings. The molecule has 1 heterocycles. The van der Waals surface area contributed by atoms with Crippen LogP contribution in [0.2, 0.25) is 0 Å². The highest BCUT2D eigenvalue weighted by molar-refractivity contribution is 6.09. The molecule has 1 aliphatic heterocycles. The number of amides is 2. The van der Waals surface area contributed by atoms with Crippen molar-refractivity contribution in [3.05, 3.63) is 35.4 Å². The third-order valence-electron chi connectivity index (χ3n) is 2.93. The van der Waals surface area contributed by atoms with Crippen LogP contribution < -0.4 is 0 Å². The van der Waals surface area contributed by atoms with E-state index in [-0.39, 0.29) is 24.3 Å². The molecule has 0 aliphatic carbocycles. The van der Waals surface area contributed by atoms with Crippen molar-refractivity contribution >= 4 is 11.8 Å². The Bertz CT molecular complexity index is 513. The third-order valence-corrected chi connectivity index (χ3v) is 2.93. The number of nitrogens with zero attached hydrogens (tertiary/aromatic N) is 1. The van der Waals surface area contributed by atoms with Crippen molar-refractivity contribution in [2.24, 2.45) is 0 Å². The van der Waals surface area contributed by atoms with E-state index in [0.29, 0.717) is 12.0 Å². The van der Waals surface area contributed by atoms with Crippen molar-refractivity contribution < 1.29 is 9.59 Å². The van der Waals surface area contributed by atoms with E-state index in [0.717, 1.165) is 5.56 Å². The van der Waals surface area contributed by atoms with Gasteiger partial charge in [-0.2, -0.15) is 0 Å². The number of carbonyl (C=O) groups is 2. The van der Waals surface area contributed by atoms with Crippen LogP contribution in [-0.2, 0) is 11.2 Å². The maximum atomic E-state index is 12.2. The average molecular weight is 227 g/mol. The van der Waals surface area contributed by atoms with Crippen molar-refractivity contribution in [2.75, 3.05) is 0 Å². The molecule has 0 bridgehead atoms. The molecule has 3 nitrogen and oxygen atoms in total. The minimum Gasteiger partial charge on any atom is -0.274 e. The zero-order valence-electron chi connectivity index (χ0n) is 9.64. The van der Waals surface area contributed by atoms with Gasteiger partial charge in [-0.15, -0.1) is 12.3 Å². The van der Waals surface area contributed by atoms with Gasteiger partial charge < -0.3 is 0 Å². The molecule has 17 heavy (non-hydrogen) atoms. The fourth-order valence-corrected chi connectivity index (χ4v) is 2.08. The predicted molar refractivity (Wildman–Crippen MR) is 64.2 cm³/mol. The van der Waals surface area contributed by atoms with Crippen LogP contribution in [0.15, 0.2) is 24.3 Å². The third kappa shape index (κ3) is 1.94. The molecular formula is C14H13NO2. The monoisotopic (exact) mass is 227 g/mol. The summed E-state index contributed by atoms with van der Waals surface area (Å²) in [4.78, 5) is 25.4. The average Bonchev–Trinajstić information content (AvgIpc) is 2.29. The van der Waals surface area contributed by atoms with Gasteiger partial charge in [0, 0.05) is 18.0 Å². The number of rotatable bonds is 2. The van der Waals surface area contributed by atoms with Gasteiger partial charge in [0.25, 0.3) is 5.91 Å². The van der Waals surface area contributed by atoms with Crippen molar-refractivity contribution in [1.29, 1.82) is 0 Å². The van der Waals surface area contributed by atoms with Crippen LogP contribution in [0.1, 0.15) is 29.3 Å². The molecule has 2 amide bonds. The molecule has 0 spiro atoms. The highest BCUT2D eigenvalue weighted by Crippen LogP contribution is 2.22. The maximum Gasteiger partial charge on any atom is 0.261 e. The van der Waals surface area contributed by atoms with Crippen molar-refractivity contribution in [3.63, 3.8) is 0 Å². The summed E-state index contributed by atoms with van der Waals surface area (Å²) in [5.41, 5.74) is 1.41. The lowest BCUT2D eigenvalue weighted by atomic mass is 9.97. The Morgan fingerprint density at radius 3 is 2.82 bits per heavy atom. The van der Waals surface area contributed by atoms with Gasteiger partial charge in [0.2, 0.25) is 5.91 Å². The lowest BCUT2D eigenvalue weighted by molar-refractivity contribution is -0.129. The van der Waals surface area contributed by atoms with E-state index in [4.69, 9.17) is 6.42 Å². The molecule has 0 aromatic heterocycles. The van der Waals surface area contributed by atoms with Crippen molar-refractivity contribution in [3.8, 4) is 12.3 Å². The van der Waals surface area contributed by atoms with Crippen molar-refractivity contribution in [1.82, 2.24) is 4.90 Å². The van der Waals surface area contributed by atoms with E-state index in [1.165, 1.54) is 4.90 Å². The molecule has 1 atom stereocenters. The summed E-state index contributed by atoms with van der Waals surface area (Å²) in [7, 11) is 0. The van der Waals surface area contributed by atoms with Crippen LogP contribution in [0, 0.1) is 12.3 Å². The summed E-state index contributed by atoms with van der Waals surface area (Å²) >= 11 is 0. The van der Waals surface area contributed by atoms with Crippen LogP contribution in [0.5, 0.6) is 0 Å².